The molecule has 0 bridgehead atoms. The summed E-state index contributed by atoms with van der Waals surface area (Å²) < 4.78 is 0. The number of nitrogens with zero attached hydrogens (tertiary/aromatic N) is 1. The van der Waals surface area contributed by atoms with Crippen LogP contribution in [0.2, 0.25) is 0 Å². The van der Waals surface area contributed by atoms with Crippen molar-refractivity contribution in [3.8, 4) is 0 Å². The fourth-order valence-corrected chi connectivity index (χ4v) is 2.79. The third-order valence-corrected chi connectivity index (χ3v) is 3.98. The van der Waals surface area contributed by atoms with E-state index >= 15 is 0 Å². The maximum atomic E-state index is 11.8. The molecule has 0 radical (unpaired) electrons. The quantitative estimate of drug-likeness (QED) is 0.848. The molecular weight excluding hydrogens is 268 g/mol. The lowest BCUT2D eigenvalue weighted by Crippen LogP contribution is -2.27. The summed E-state index contributed by atoms with van der Waals surface area (Å²) in [5.41, 5.74) is 2.34. The second-order valence-corrected chi connectivity index (χ2v) is 5.72. The average Bonchev–Trinajstić information content (AvgIpc) is 3.00. The van der Waals surface area contributed by atoms with Crippen LogP contribution < -0.4 is 5.32 Å². The Morgan fingerprint density at radius 3 is 3.00 bits per heavy atom. The molecule has 20 heavy (non-hydrogen) atoms. The number of thiophene rings is 1. The van der Waals surface area contributed by atoms with Crippen molar-refractivity contribution >= 4 is 17.2 Å². The Morgan fingerprint density at radius 1 is 1.40 bits per heavy atom. The molecule has 0 aromatic carbocycles. The molecule has 2 heterocycles. The zero-order chi connectivity index (χ0) is 14.2. The highest BCUT2D eigenvalue weighted by molar-refractivity contribution is 7.07. The largest absolute Gasteiger partial charge is 0.356 e. The van der Waals surface area contributed by atoms with Gasteiger partial charge in [0.1, 0.15) is 0 Å². The van der Waals surface area contributed by atoms with Gasteiger partial charge in [-0.1, -0.05) is 13.0 Å². The van der Waals surface area contributed by atoms with Crippen molar-refractivity contribution in [3.63, 3.8) is 0 Å². The monoisotopic (exact) mass is 288 g/mol. The minimum Gasteiger partial charge on any atom is -0.356 e. The lowest BCUT2D eigenvalue weighted by atomic mass is 10.1. The summed E-state index contributed by atoms with van der Waals surface area (Å²) >= 11 is 1.69. The van der Waals surface area contributed by atoms with Gasteiger partial charge in [-0.15, -0.1) is 0 Å². The predicted octanol–water partition coefficient (Wildman–Crippen LogP) is 3.39. The van der Waals surface area contributed by atoms with Gasteiger partial charge in [-0.3, -0.25) is 9.78 Å². The third kappa shape index (κ3) is 4.78. The first-order chi connectivity index (χ1) is 9.75. The highest BCUT2D eigenvalue weighted by Gasteiger charge is 2.08. The molecule has 106 valence electrons. The number of hydrogen-bond donors (Lipinski definition) is 1. The number of aromatic nitrogens is 1. The van der Waals surface area contributed by atoms with E-state index in [1.54, 1.807) is 17.5 Å². The highest BCUT2D eigenvalue weighted by Crippen LogP contribution is 2.17. The number of carbonyl (C=O) groups is 1. The molecule has 0 saturated heterocycles. The van der Waals surface area contributed by atoms with Crippen LogP contribution in [0.25, 0.3) is 0 Å². The van der Waals surface area contributed by atoms with E-state index in [-0.39, 0.29) is 5.91 Å². The van der Waals surface area contributed by atoms with Gasteiger partial charge in [0, 0.05) is 24.9 Å². The molecule has 0 unspecified atom stereocenters. The van der Waals surface area contributed by atoms with E-state index < -0.39 is 0 Å². The first-order valence-electron chi connectivity index (χ1n) is 6.94. The van der Waals surface area contributed by atoms with Crippen LogP contribution in [0.4, 0.5) is 0 Å². The summed E-state index contributed by atoms with van der Waals surface area (Å²) in [6.07, 6.45) is 4.05. The van der Waals surface area contributed by atoms with Crippen LogP contribution in [0, 0.1) is 0 Å². The van der Waals surface area contributed by atoms with Crippen LogP contribution in [0.1, 0.15) is 36.9 Å². The molecule has 2 aromatic heterocycles. The normalized spacial score (nSPS) is 12.1. The van der Waals surface area contributed by atoms with E-state index in [0.29, 0.717) is 18.9 Å². The van der Waals surface area contributed by atoms with Crippen molar-refractivity contribution in [1.29, 1.82) is 0 Å². The van der Waals surface area contributed by atoms with Gasteiger partial charge in [0.15, 0.2) is 0 Å². The van der Waals surface area contributed by atoms with E-state index in [1.165, 1.54) is 5.56 Å². The third-order valence-electron chi connectivity index (χ3n) is 3.28. The van der Waals surface area contributed by atoms with Gasteiger partial charge >= 0.3 is 0 Å². The molecule has 0 aliphatic rings. The molecule has 4 heteroatoms. The fourth-order valence-electron chi connectivity index (χ4n) is 2.00. The minimum atomic E-state index is 0.128. The molecule has 1 amide bonds. The molecule has 0 spiro atoms. The van der Waals surface area contributed by atoms with Crippen molar-refractivity contribution < 1.29 is 4.79 Å². The number of nitrogens with one attached hydrogen (secondary N) is 1. The van der Waals surface area contributed by atoms with Gasteiger partial charge in [-0.25, -0.2) is 0 Å². The number of pyridine rings is 1. The van der Waals surface area contributed by atoms with Crippen molar-refractivity contribution in [3.05, 3.63) is 52.5 Å². The van der Waals surface area contributed by atoms with Crippen LogP contribution >= 0.6 is 11.3 Å². The lowest BCUT2D eigenvalue weighted by molar-refractivity contribution is -0.121. The predicted molar refractivity (Wildman–Crippen MR) is 82.9 cm³/mol. The summed E-state index contributed by atoms with van der Waals surface area (Å²) in [5.74, 6) is 0.504. The molecule has 3 nitrogen and oxygen atoms in total. The standard InChI is InChI=1S/C16H20N2OS/c1-13(14-8-10-20-12-14)11-18-16(19)7-4-6-15-5-2-3-9-17-15/h2-3,5,8-10,12-13H,4,6-7,11H2,1H3,(H,18,19)/t13-/m0/s1. The van der Waals surface area contributed by atoms with E-state index in [2.05, 4.69) is 34.1 Å². The van der Waals surface area contributed by atoms with Crippen molar-refractivity contribution in [1.82, 2.24) is 10.3 Å². The van der Waals surface area contributed by atoms with Crippen LogP contribution in [0.5, 0.6) is 0 Å². The molecule has 0 aliphatic heterocycles. The minimum absolute atomic E-state index is 0.128. The Hall–Kier alpha value is -1.68. The van der Waals surface area contributed by atoms with Crippen molar-refractivity contribution in [2.45, 2.75) is 32.1 Å². The second kappa shape index (κ2) is 7.80. The summed E-state index contributed by atoms with van der Waals surface area (Å²) in [7, 11) is 0. The Morgan fingerprint density at radius 2 is 2.30 bits per heavy atom. The van der Waals surface area contributed by atoms with Crippen LogP contribution in [0.3, 0.4) is 0 Å². The fraction of sp³-hybridized carbons (Fsp3) is 0.375. The first-order valence-corrected chi connectivity index (χ1v) is 7.88. The molecule has 1 N–H and O–H groups in total. The smallest absolute Gasteiger partial charge is 0.220 e. The average molecular weight is 288 g/mol. The molecule has 2 rings (SSSR count). The van der Waals surface area contributed by atoms with Crippen molar-refractivity contribution in [2.75, 3.05) is 6.54 Å². The van der Waals surface area contributed by atoms with E-state index in [0.717, 1.165) is 18.5 Å². The molecule has 0 fully saturated rings. The highest BCUT2D eigenvalue weighted by atomic mass is 32.1. The summed E-state index contributed by atoms with van der Waals surface area (Å²) in [5, 5.41) is 7.21. The second-order valence-electron chi connectivity index (χ2n) is 4.94. The number of amides is 1. The van der Waals surface area contributed by atoms with E-state index in [9.17, 15) is 4.79 Å². The lowest BCUT2D eigenvalue weighted by Gasteiger charge is -2.11. The number of hydrogen-bond acceptors (Lipinski definition) is 3. The summed E-state index contributed by atoms with van der Waals surface area (Å²) in [6, 6.07) is 7.99. The van der Waals surface area contributed by atoms with Gasteiger partial charge in [0.2, 0.25) is 5.91 Å². The van der Waals surface area contributed by atoms with Gasteiger partial charge in [-0.2, -0.15) is 11.3 Å². The Balaban J connectivity index is 1.63. The summed E-state index contributed by atoms with van der Waals surface area (Å²) in [4.78, 5) is 16.0. The number of carbonyl (C=O) groups excluding carboxylic acids is 1. The SMILES string of the molecule is C[C@@H](CNC(=O)CCCc1ccccn1)c1ccsc1. The van der Waals surface area contributed by atoms with Crippen LogP contribution in [-0.4, -0.2) is 17.4 Å². The number of aryl methyl sites for hydroxylation is 1. The zero-order valence-electron chi connectivity index (χ0n) is 11.7. The van der Waals surface area contributed by atoms with Gasteiger partial charge in [0.05, 0.1) is 0 Å². The maximum absolute atomic E-state index is 11.8. The maximum Gasteiger partial charge on any atom is 0.220 e. The molecule has 1 atom stereocenters. The van der Waals surface area contributed by atoms with Crippen LogP contribution in [-0.2, 0) is 11.2 Å². The zero-order valence-corrected chi connectivity index (χ0v) is 12.5. The first kappa shape index (κ1) is 14.7. The van der Waals surface area contributed by atoms with Gasteiger partial charge in [-0.05, 0) is 53.3 Å². The van der Waals surface area contributed by atoms with Gasteiger partial charge in [0.25, 0.3) is 0 Å². The van der Waals surface area contributed by atoms with Crippen molar-refractivity contribution in [2.24, 2.45) is 0 Å². The van der Waals surface area contributed by atoms with E-state index in [1.807, 2.05) is 18.2 Å². The Kier molecular flexibility index (Phi) is 5.74. The molecular formula is C16H20N2OS. The Labute approximate surface area is 124 Å². The van der Waals surface area contributed by atoms with E-state index in [4.69, 9.17) is 0 Å². The number of rotatable bonds is 7. The summed E-state index contributed by atoms with van der Waals surface area (Å²) in [6.45, 7) is 2.84. The molecule has 0 aliphatic carbocycles. The van der Waals surface area contributed by atoms with Gasteiger partial charge < -0.3 is 5.32 Å². The molecule has 2 aromatic rings. The van der Waals surface area contributed by atoms with Crippen LogP contribution in [0.15, 0.2) is 41.2 Å². The molecule has 0 saturated carbocycles. The topological polar surface area (TPSA) is 42.0 Å². The Bertz CT molecular complexity index is 511.